The summed E-state index contributed by atoms with van der Waals surface area (Å²) in [6.45, 7) is 2.75. The number of aromatic nitrogens is 5. The minimum Gasteiger partial charge on any atom is -0.341 e. The largest absolute Gasteiger partial charge is 0.341 e. The van der Waals surface area contributed by atoms with Crippen molar-refractivity contribution >= 4 is 11.6 Å². The van der Waals surface area contributed by atoms with E-state index in [-0.39, 0.29) is 11.9 Å². The second kappa shape index (κ2) is 5.49. The predicted molar refractivity (Wildman–Crippen MR) is 83.9 cm³/mol. The molecule has 1 N–H and O–H groups in total. The molecule has 1 saturated heterocycles. The van der Waals surface area contributed by atoms with Crippen LogP contribution in [-0.2, 0) is 0 Å². The van der Waals surface area contributed by atoms with Crippen LogP contribution in [0, 0.1) is 6.92 Å². The first-order chi connectivity index (χ1) is 11.2. The average molecular weight is 310 g/mol. The molecule has 4 rings (SSSR count). The van der Waals surface area contributed by atoms with Gasteiger partial charge in [0.25, 0.3) is 5.91 Å². The number of hydrogen-bond acceptors (Lipinski definition) is 4. The molecule has 0 saturated carbocycles. The molecule has 3 aromatic rings. The number of piperidine rings is 1. The normalized spacial score (nSPS) is 18.5. The van der Waals surface area contributed by atoms with Crippen molar-refractivity contribution in [3.63, 3.8) is 0 Å². The van der Waals surface area contributed by atoms with Gasteiger partial charge in [-0.1, -0.05) is 0 Å². The highest BCUT2D eigenvalue weighted by Crippen LogP contribution is 2.31. The van der Waals surface area contributed by atoms with Crippen LogP contribution in [0.5, 0.6) is 0 Å². The fourth-order valence-electron chi connectivity index (χ4n) is 3.27. The Hall–Kier alpha value is -2.70. The van der Waals surface area contributed by atoms with Crippen molar-refractivity contribution in [2.75, 3.05) is 6.54 Å². The lowest BCUT2D eigenvalue weighted by Gasteiger charge is -2.35. The minimum absolute atomic E-state index is 0.00171. The minimum atomic E-state index is -0.0139. The Bertz CT molecular complexity index is 838. The highest BCUT2D eigenvalue weighted by Gasteiger charge is 2.30. The van der Waals surface area contributed by atoms with Gasteiger partial charge in [-0.2, -0.15) is 5.10 Å². The van der Waals surface area contributed by atoms with Gasteiger partial charge in [-0.3, -0.25) is 4.79 Å². The lowest BCUT2D eigenvalue weighted by Crippen LogP contribution is -2.39. The summed E-state index contributed by atoms with van der Waals surface area (Å²) in [6, 6.07) is 3.92. The zero-order valence-corrected chi connectivity index (χ0v) is 12.9. The summed E-state index contributed by atoms with van der Waals surface area (Å²) in [7, 11) is 0. The quantitative estimate of drug-likeness (QED) is 0.786. The molecule has 0 bridgehead atoms. The summed E-state index contributed by atoms with van der Waals surface area (Å²) in [5.41, 5.74) is 3.30. The Morgan fingerprint density at radius 2 is 2.30 bits per heavy atom. The van der Waals surface area contributed by atoms with E-state index in [1.54, 1.807) is 12.4 Å². The monoisotopic (exact) mass is 310 g/mol. The number of hydrogen-bond donors (Lipinski definition) is 1. The van der Waals surface area contributed by atoms with Gasteiger partial charge in [0, 0.05) is 18.3 Å². The maximum absolute atomic E-state index is 12.8. The van der Waals surface area contributed by atoms with E-state index in [4.69, 9.17) is 4.98 Å². The molecule has 7 nitrogen and oxygen atoms in total. The van der Waals surface area contributed by atoms with E-state index in [9.17, 15) is 4.79 Å². The molecule has 0 spiro atoms. The summed E-state index contributed by atoms with van der Waals surface area (Å²) < 4.78 is 1.81. The van der Waals surface area contributed by atoms with Crippen LogP contribution in [0.2, 0.25) is 0 Å². The Kier molecular flexibility index (Phi) is 3.33. The molecule has 1 amide bonds. The molecule has 0 aliphatic carbocycles. The molecular formula is C16H18N6O. The zero-order chi connectivity index (χ0) is 15.8. The third kappa shape index (κ3) is 2.38. The van der Waals surface area contributed by atoms with Crippen LogP contribution in [0.3, 0.4) is 0 Å². The van der Waals surface area contributed by atoms with Crippen LogP contribution in [0.4, 0.5) is 0 Å². The number of carbonyl (C=O) groups excluding carboxylic acids is 1. The molecule has 1 aliphatic rings. The number of rotatable bonds is 2. The van der Waals surface area contributed by atoms with Gasteiger partial charge in [-0.05, 0) is 32.3 Å². The summed E-state index contributed by atoms with van der Waals surface area (Å²) in [5, 5.41) is 4.26. The fourth-order valence-corrected chi connectivity index (χ4v) is 3.27. The van der Waals surface area contributed by atoms with Gasteiger partial charge >= 0.3 is 0 Å². The molecular weight excluding hydrogens is 292 g/mol. The zero-order valence-electron chi connectivity index (χ0n) is 12.9. The highest BCUT2D eigenvalue weighted by molar-refractivity contribution is 5.92. The molecule has 0 unspecified atom stereocenters. The summed E-state index contributed by atoms with van der Waals surface area (Å²) in [5.74, 6) is -0.0139. The van der Waals surface area contributed by atoms with E-state index >= 15 is 0 Å². The Labute approximate surface area is 133 Å². The number of nitrogens with zero attached hydrogens (tertiary/aromatic N) is 5. The number of amides is 1. The van der Waals surface area contributed by atoms with Gasteiger partial charge in [0.15, 0.2) is 5.65 Å². The Balaban J connectivity index is 1.73. The molecule has 118 valence electrons. The van der Waals surface area contributed by atoms with Gasteiger partial charge < -0.3 is 9.88 Å². The topological polar surface area (TPSA) is 79.2 Å². The summed E-state index contributed by atoms with van der Waals surface area (Å²) in [6.07, 6.45) is 7.90. The number of carbonyl (C=O) groups is 1. The molecule has 7 heteroatoms. The van der Waals surface area contributed by atoms with Gasteiger partial charge in [-0.25, -0.2) is 14.5 Å². The van der Waals surface area contributed by atoms with Crippen LogP contribution in [0.25, 0.3) is 5.65 Å². The second-order valence-electron chi connectivity index (χ2n) is 5.90. The van der Waals surface area contributed by atoms with Gasteiger partial charge in [0.2, 0.25) is 0 Å². The average Bonchev–Trinajstić information content (AvgIpc) is 3.25. The van der Waals surface area contributed by atoms with E-state index < -0.39 is 0 Å². The molecule has 0 aromatic carbocycles. The first kappa shape index (κ1) is 13.9. The van der Waals surface area contributed by atoms with Gasteiger partial charge in [0.05, 0.1) is 30.5 Å². The smallest absolute Gasteiger partial charge is 0.272 e. The van der Waals surface area contributed by atoms with Gasteiger partial charge in [-0.15, -0.1) is 0 Å². The number of aromatic amines is 1. The van der Waals surface area contributed by atoms with E-state index in [0.717, 1.165) is 42.8 Å². The SMILES string of the molecule is Cc1cc([C@H]2CCCCN2C(=O)c2cnc[nH]2)nc2ccnn12. The number of likely N-dealkylation sites (tertiary alicyclic amines) is 1. The molecule has 23 heavy (non-hydrogen) atoms. The molecule has 1 fully saturated rings. The highest BCUT2D eigenvalue weighted by atomic mass is 16.2. The summed E-state index contributed by atoms with van der Waals surface area (Å²) >= 11 is 0. The Morgan fingerprint density at radius 3 is 3.13 bits per heavy atom. The molecule has 1 atom stereocenters. The van der Waals surface area contributed by atoms with E-state index in [0.29, 0.717) is 5.69 Å². The maximum Gasteiger partial charge on any atom is 0.272 e. The van der Waals surface area contributed by atoms with Crippen molar-refractivity contribution in [3.8, 4) is 0 Å². The number of nitrogens with one attached hydrogen (secondary N) is 1. The van der Waals surface area contributed by atoms with E-state index in [1.165, 1.54) is 6.33 Å². The lowest BCUT2D eigenvalue weighted by atomic mass is 9.98. The molecule has 3 aromatic heterocycles. The van der Waals surface area contributed by atoms with Crippen molar-refractivity contribution in [1.29, 1.82) is 0 Å². The van der Waals surface area contributed by atoms with Crippen LogP contribution in [-0.4, -0.2) is 41.9 Å². The summed E-state index contributed by atoms with van der Waals surface area (Å²) in [4.78, 5) is 26.2. The third-order valence-electron chi connectivity index (χ3n) is 4.39. The third-order valence-corrected chi connectivity index (χ3v) is 4.39. The second-order valence-corrected chi connectivity index (χ2v) is 5.90. The Morgan fingerprint density at radius 1 is 1.39 bits per heavy atom. The van der Waals surface area contributed by atoms with E-state index in [2.05, 4.69) is 15.1 Å². The van der Waals surface area contributed by atoms with Crippen LogP contribution in [0.15, 0.2) is 30.9 Å². The number of aryl methyl sites for hydroxylation is 1. The maximum atomic E-state index is 12.8. The first-order valence-corrected chi connectivity index (χ1v) is 7.84. The van der Waals surface area contributed by atoms with Crippen LogP contribution >= 0.6 is 0 Å². The fraction of sp³-hybridized carbons (Fsp3) is 0.375. The van der Waals surface area contributed by atoms with Gasteiger partial charge in [0.1, 0.15) is 5.69 Å². The number of H-pyrrole nitrogens is 1. The van der Waals surface area contributed by atoms with Crippen LogP contribution in [0.1, 0.15) is 47.2 Å². The van der Waals surface area contributed by atoms with Crippen LogP contribution < -0.4 is 0 Å². The molecule has 4 heterocycles. The van der Waals surface area contributed by atoms with Crippen molar-refractivity contribution < 1.29 is 4.79 Å². The number of imidazole rings is 1. The van der Waals surface area contributed by atoms with Crippen molar-refractivity contribution in [3.05, 3.63) is 47.9 Å². The standard InChI is InChI=1S/C16H18N6O/c1-11-8-12(20-15-5-6-19-22(11)15)14-4-2-3-7-21(14)16(23)13-9-17-10-18-13/h5-6,8-10,14H,2-4,7H2,1H3,(H,17,18)/t14-/m1/s1. The molecule has 0 radical (unpaired) electrons. The van der Waals surface area contributed by atoms with Crippen molar-refractivity contribution in [2.24, 2.45) is 0 Å². The van der Waals surface area contributed by atoms with Crippen molar-refractivity contribution in [2.45, 2.75) is 32.2 Å². The van der Waals surface area contributed by atoms with E-state index in [1.807, 2.05) is 28.5 Å². The number of fused-ring (bicyclic) bond motifs is 1. The lowest BCUT2D eigenvalue weighted by molar-refractivity contribution is 0.0600. The first-order valence-electron chi connectivity index (χ1n) is 7.84. The van der Waals surface area contributed by atoms with Crippen molar-refractivity contribution in [1.82, 2.24) is 29.5 Å². The predicted octanol–water partition coefficient (Wildman–Crippen LogP) is 2.13. The molecule has 1 aliphatic heterocycles.